The lowest BCUT2D eigenvalue weighted by Crippen LogP contribution is -2.21. The van der Waals surface area contributed by atoms with Gasteiger partial charge in [-0.3, -0.25) is 0 Å². The van der Waals surface area contributed by atoms with Crippen molar-refractivity contribution in [2.24, 2.45) is 5.73 Å². The molecule has 19 heavy (non-hydrogen) atoms. The van der Waals surface area contributed by atoms with Gasteiger partial charge in [0.15, 0.2) is 0 Å². The van der Waals surface area contributed by atoms with E-state index in [2.05, 4.69) is 36.2 Å². The molecule has 0 spiro atoms. The van der Waals surface area contributed by atoms with Crippen LogP contribution in [0.5, 0.6) is 0 Å². The van der Waals surface area contributed by atoms with Crippen molar-refractivity contribution >= 4 is 23.4 Å². The van der Waals surface area contributed by atoms with Crippen LogP contribution in [-0.2, 0) is 6.42 Å². The number of aromatic nitrogens is 1. The second kappa shape index (κ2) is 6.94. The predicted molar refractivity (Wildman–Crippen MR) is 81.8 cm³/mol. The summed E-state index contributed by atoms with van der Waals surface area (Å²) >= 11 is 7.44. The van der Waals surface area contributed by atoms with E-state index >= 15 is 0 Å². The van der Waals surface area contributed by atoms with Gasteiger partial charge in [-0.2, -0.15) is 0 Å². The number of rotatable bonds is 5. The Kier molecular flexibility index (Phi) is 5.25. The molecule has 0 aliphatic heterocycles. The first-order chi connectivity index (χ1) is 9.17. The molecule has 0 radical (unpaired) electrons. The minimum atomic E-state index is 0.247. The summed E-state index contributed by atoms with van der Waals surface area (Å²) in [5.74, 6) is 0. The van der Waals surface area contributed by atoms with E-state index in [1.807, 2.05) is 12.1 Å². The second-order valence-electron chi connectivity index (χ2n) is 4.43. The first-order valence-corrected chi connectivity index (χ1v) is 7.50. The second-order valence-corrected chi connectivity index (χ2v) is 5.96. The van der Waals surface area contributed by atoms with Crippen LogP contribution in [-0.4, -0.2) is 11.0 Å². The van der Waals surface area contributed by atoms with Crippen molar-refractivity contribution in [2.45, 2.75) is 35.7 Å². The summed E-state index contributed by atoms with van der Waals surface area (Å²) in [7, 11) is 0. The molecule has 0 saturated heterocycles. The largest absolute Gasteiger partial charge is 0.327 e. The Bertz CT molecular complexity index is 511. The molecule has 0 amide bonds. The maximum Gasteiger partial charge on any atom is 0.101 e. The third-order valence-electron chi connectivity index (χ3n) is 2.87. The zero-order valence-electron chi connectivity index (χ0n) is 10.8. The molecule has 1 heterocycles. The fourth-order valence-electron chi connectivity index (χ4n) is 1.68. The zero-order chi connectivity index (χ0) is 13.7. The minimum absolute atomic E-state index is 0.247. The highest BCUT2D eigenvalue weighted by Gasteiger charge is 2.03. The smallest absolute Gasteiger partial charge is 0.101 e. The molecule has 0 saturated carbocycles. The van der Waals surface area contributed by atoms with Crippen LogP contribution >= 0.6 is 23.4 Å². The van der Waals surface area contributed by atoms with E-state index in [0.717, 1.165) is 17.9 Å². The highest BCUT2D eigenvalue weighted by atomic mass is 35.5. The van der Waals surface area contributed by atoms with E-state index in [4.69, 9.17) is 17.3 Å². The van der Waals surface area contributed by atoms with Crippen LogP contribution in [0.1, 0.15) is 18.9 Å². The van der Waals surface area contributed by atoms with Crippen LogP contribution in [0, 0.1) is 0 Å². The Balaban J connectivity index is 2.00. The van der Waals surface area contributed by atoms with Crippen molar-refractivity contribution in [3.05, 3.63) is 53.2 Å². The van der Waals surface area contributed by atoms with Crippen LogP contribution in [0.15, 0.2) is 52.5 Å². The van der Waals surface area contributed by atoms with Gasteiger partial charge in [0.1, 0.15) is 5.03 Å². The number of pyridine rings is 1. The third-order valence-corrected chi connectivity index (χ3v) is 4.05. The first kappa shape index (κ1) is 14.4. The first-order valence-electron chi connectivity index (χ1n) is 6.31. The minimum Gasteiger partial charge on any atom is -0.327 e. The molecule has 4 heteroatoms. The van der Waals surface area contributed by atoms with Crippen LogP contribution in [0.2, 0.25) is 5.02 Å². The quantitative estimate of drug-likeness (QED) is 0.899. The summed E-state index contributed by atoms with van der Waals surface area (Å²) < 4.78 is 0. The summed E-state index contributed by atoms with van der Waals surface area (Å²) in [6, 6.07) is 12.5. The standard InChI is InChI=1S/C15H17ClN2S/c1-2-13(17)9-11-3-6-14(7-4-11)19-15-8-5-12(16)10-18-15/h3-8,10,13H,2,9,17H2,1H3. The Morgan fingerprint density at radius 1 is 1.21 bits per heavy atom. The lowest BCUT2D eigenvalue weighted by Gasteiger charge is -2.09. The molecule has 2 nitrogen and oxygen atoms in total. The van der Waals surface area contributed by atoms with Crippen LogP contribution in [0.4, 0.5) is 0 Å². The number of halogens is 1. The van der Waals surface area contributed by atoms with E-state index in [9.17, 15) is 0 Å². The summed E-state index contributed by atoms with van der Waals surface area (Å²) in [4.78, 5) is 5.44. The van der Waals surface area contributed by atoms with E-state index in [0.29, 0.717) is 5.02 Å². The molecule has 0 fully saturated rings. The van der Waals surface area contributed by atoms with Gasteiger partial charge in [0.2, 0.25) is 0 Å². The molecular formula is C15H17ClN2S. The van der Waals surface area contributed by atoms with Crippen molar-refractivity contribution in [2.75, 3.05) is 0 Å². The van der Waals surface area contributed by atoms with Crippen molar-refractivity contribution in [3.63, 3.8) is 0 Å². The molecule has 2 aromatic rings. The van der Waals surface area contributed by atoms with Gasteiger partial charge in [0, 0.05) is 17.1 Å². The Morgan fingerprint density at radius 3 is 2.53 bits per heavy atom. The highest BCUT2D eigenvalue weighted by molar-refractivity contribution is 7.99. The fourth-order valence-corrected chi connectivity index (χ4v) is 2.55. The molecule has 1 unspecified atom stereocenters. The Labute approximate surface area is 123 Å². The third kappa shape index (κ3) is 4.53. The van der Waals surface area contributed by atoms with Crippen molar-refractivity contribution in [1.29, 1.82) is 0 Å². The molecule has 2 N–H and O–H groups in total. The molecule has 1 aromatic carbocycles. The molecule has 1 atom stereocenters. The summed E-state index contributed by atoms with van der Waals surface area (Å²) in [5, 5.41) is 1.61. The van der Waals surface area contributed by atoms with E-state index in [1.165, 1.54) is 10.5 Å². The van der Waals surface area contributed by atoms with Gasteiger partial charge in [-0.1, -0.05) is 42.4 Å². The Hall–Kier alpha value is -1.03. The average Bonchev–Trinajstić information content (AvgIpc) is 2.43. The van der Waals surface area contributed by atoms with E-state index in [1.54, 1.807) is 18.0 Å². The summed E-state index contributed by atoms with van der Waals surface area (Å²) in [6.45, 7) is 2.11. The summed E-state index contributed by atoms with van der Waals surface area (Å²) in [5.41, 5.74) is 7.23. The molecule has 0 bridgehead atoms. The van der Waals surface area contributed by atoms with Crippen molar-refractivity contribution < 1.29 is 0 Å². The normalized spacial score (nSPS) is 12.4. The van der Waals surface area contributed by atoms with Gasteiger partial charge < -0.3 is 5.73 Å². The maximum atomic E-state index is 5.95. The van der Waals surface area contributed by atoms with Crippen LogP contribution in [0.3, 0.4) is 0 Å². The van der Waals surface area contributed by atoms with Crippen LogP contribution < -0.4 is 5.73 Å². The van der Waals surface area contributed by atoms with Crippen LogP contribution in [0.25, 0.3) is 0 Å². The molecule has 0 aliphatic carbocycles. The van der Waals surface area contributed by atoms with Gasteiger partial charge in [-0.05, 0) is 42.7 Å². The number of nitrogens with two attached hydrogens (primary N) is 1. The summed E-state index contributed by atoms with van der Waals surface area (Å²) in [6.07, 6.45) is 3.60. The van der Waals surface area contributed by atoms with Gasteiger partial charge >= 0.3 is 0 Å². The zero-order valence-corrected chi connectivity index (χ0v) is 12.4. The fraction of sp³-hybridized carbons (Fsp3) is 0.267. The molecule has 1 aromatic heterocycles. The number of hydrogen-bond acceptors (Lipinski definition) is 3. The lowest BCUT2D eigenvalue weighted by atomic mass is 10.1. The van der Waals surface area contributed by atoms with Gasteiger partial charge in [-0.15, -0.1) is 0 Å². The maximum absolute atomic E-state index is 5.95. The van der Waals surface area contributed by atoms with Crippen molar-refractivity contribution in [3.8, 4) is 0 Å². The number of nitrogens with zero attached hydrogens (tertiary/aromatic N) is 1. The number of benzene rings is 1. The van der Waals surface area contributed by atoms with E-state index in [-0.39, 0.29) is 6.04 Å². The predicted octanol–water partition coefficient (Wildman–Crippen LogP) is 4.17. The highest BCUT2D eigenvalue weighted by Crippen LogP contribution is 2.26. The SMILES string of the molecule is CCC(N)Cc1ccc(Sc2ccc(Cl)cn2)cc1. The Morgan fingerprint density at radius 2 is 1.95 bits per heavy atom. The molecule has 2 rings (SSSR count). The van der Waals surface area contributed by atoms with Gasteiger partial charge in [0.05, 0.1) is 5.02 Å². The number of hydrogen-bond donors (Lipinski definition) is 1. The lowest BCUT2D eigenvalue weighted by molar-refractivity contribution is 0.646. The monoisotopic (exact) mass is 292 g/mol. The average molecular weight is 293 g/mol. The molecular weight excluding hydrogens is 276 g/mol. The topological polar surface area (TPSA) is 38.9 Å². The molecule has 0 aliphatic rings. The van der Waals surface area contributed by atoms with Crippen molar-refractivity contribution in [1.82, 2.24) is 4.98 Å². The van der Waals surface area contributed by atoms with Gasteiger partial charge in [-0.25, -0.2) is 4.98 Å². The van der Waals surface area contributed by atoms with Gasteiger partial charge in [0.25, 0.3) is 0 Å². The van der Waals surface area contributed by atoms with E-state index < -0.39 is 0 Å². The molecule has 100 valence electrons.